The van der Waals surface area contributed by atoms with E-state index < -0.39 is 5.92 Å². The number of hydrogen-bond acceptors (Lipinski definition) is 5. The van der Waals surface area contributed by atoms with Crippen LogP contribution in [0.15, 0.2) is 58.9 Å². The first kappa shape index (κ1) is 29.2. The fourth-order valence-electron chi connectivity index (χ4n) is 6.39. The van der Waals surface area contributed by atoms with Crippen molar-refractivity contribution in [2.45, 2.75) is 72.8 Å². The lowest BCUT2D eigenvalue weighted by atomic mass is 9.64. The van der Waals surface area contributed by atoms with E-state index in [-0.39, 0.29) is 22.4 Å². The number of nitrogens with zero attached hydrogens (tertiary/aromatic N) is 1. The predicted molar refractivity (Wildman–Crippen MR) is 167 cm³/mol. The van der Waals surface area contributed by atoms with Crippen LogP contribution in [0, 0.1) is 14.4 Å². The van der Waals surface area contributed by atoms with E-state index in [0.717, 1.165) is 50.1 Å². The molecule has 212 valence electrons. The molecule has 0 amide bonds. The van der Waals surface area contributed by atoms with Crippen molar-refractivity contribution < 1.29 is 19.1 Å². The summed E-state index contributed by atoms with van der Waals surface area (Å²) in [6, 6.07) is 11.6. The van der Waals surface area contributed by atoms with Gasteiger partial charge in [0, 0.05) is 53.4 Å². The highest BCUT2D eigenvalue weighted by Gasteiger charge is 2.48. The number of halogens is 2. The maximum atomic E-state index is 13.8. The first-order chi connectivity index (χ1) is 18.8. The lowest BCUT2D eigenvalue weighted by Gasteiger charge is -2.48. The Balaban J connectivity index is 1.63. The third-order valence-electron chi connectivity index (χ3n) is 8.14. The molecule has 0 N–H and O–H groups in total. The summed E-state index contributed by atoms with van der Waals surface area (Å²) in [7, 11) is 2.04. The molecule has 0 atom stereocenters. The maximum absolute atomic E-state index is 13.8. The van der Waals surface area contributed by atoms with Gasteiger partial charge in [-0.2, -0.15) is 0 Å². The zero-order valence-corrected chi connectivity index (χ0v) is 27.0. The van der Waals surface area contributed by atoms with Crippen LogP contribution in [0.4, 0.5) is 0 Å². The van der Waals surface area contributed by atoms with Crippen LogP contribution in [0.3, 0.4) is 0 Å². The van der Waals surface area contributed by atoms with Crippen LogP contribution in [-0.4, -0.2) is 30.1 Å². The molecule has 5 rings (SSSR count). The van der Waals surface area contributed by atoms with E-state index in [1.165, 1.54) is 0 Å². The third-order valence-corrected chi connectivity index (χ3v) is 9.19. The van der Waals surface area contributed by atoms with E-state index >= 15 is 0 Å². The predicted octanol–water partition coefficient (Wildman–Crippen LogP) is 8.24. The zero-order valence-electron chi connectivity index (χ0n) is 24.1. The van der Waals surface area contributed by atoms with Gasteiger partial charge in [0.25, 0.3) is 0 Å². The van der Waals surface area contributed by atoms with Gasteiger partial charge in [0.2, 0.25) is 0 Å². The molecule has 0 bridgehead atoms. The van der Waals surface area contributed by atoms with Crippen molar-refractivity contribution in [3.8, 4) is 11.5 Å². The minimum atomic E-state index is -0.411. The molecule has 0 saturated carbocycles. The van der Waals surface area contributed by atoms with Crippen molar-refractivity contribution in [2.75, 3.05) is 13.7 Å². The average Bonchev–Trinajstić information content (AvgIpc) is 2.85. The fraction of sp³-hybridized carbons (Fsp3) is 0.455. The molecule has 1 heterocycles. The molecule has 3 aliphatic rings. The highest BCUT2D eigenvalue weighted by molar-refractivity contribution is 14.1. The number of ether oxygens (including phenoxy) is 2. The Hall–Kier alpha value is -2.32. The van der Waals surface area contributed by atoms with Gasteiger partial charge in [0.05, 0.1) is 10.2 Å². The Bertz CT molecular complexity index is 1380. The van der Waals surface area contributed by atoms with Crippen molar-refractivity contribution in [3.05, 3.63) is 78.7 Å². The largest absolute Gasteiger partial charge is 0.490 e. The van der Waals surface area contributed by atoms with E-state index in [4.69, 9.17) is 21.1 Å². The van der Waals surface area contributed by atoms with E-state index in [1.807, 2.05) is 44.3 Å². The van der Waals surface area contributed by atoms with Gasteiger partial charge in [-0.05, 0) is 88.6 Å². The van der Waals surface area contributed by atoms with Crippen molar-refractivity contribution in [2.24, 2.45) is 10.8 Å². The maximum Gasteiger partial charge on any atom is 0.174 e. The van der Waals surface area contributed by atoms with Gasteiger partial charge >= 0.3 is 0 Å². The highest BCUT2D eigenvalue weighted by atomic mass is 127. The first-order valence-electron chi connectivity index (χ1n) is 13.9. The molecule has 0 saturated heterocycles. The van der Waals surface area contributed by atoms with Crippen molar-refractivity contribution in [3.63, 3.8) is 0 Å². The molecule has 0 aromatic heterocycles. The number of carbonyl (C=O) groups is 2. The molecule has 0 spiro atoms. The summed E-state index contributed by atoms with van der Waals surface area (Å²) in [6.07, 6.45) is 2.53. The zero-order chi connectivity index (χ0) is 29.0. The van der Waals surface area contributed by atoms with E-state index in [0.29, 0.717) is 42.6 Å². The third kappa shape index (κ3) is 5.58. The van der Waals surface area contributed by atoms with Gasteiger partial charge in [-0.25, -0.2) is 0 Å². The Labute approximate surface area is 256 Å². The van der Waals surface area contributed by atoms with Gasteiger partial charge in [-0.15, -0.1) is 0 Å². The topological polar surface area (TPSA) is 55.8 Å². The number of benzene rings is 2. The number of hydrogen-bond donors (Lipinski definition) is 0. The summed E-state index contributed by atoms with van der Waals surface area (Å²) in [5, 5.41) is 0.680. The standard InChI is InChI=1S/C33H37ClINO4/c1-7-39-27-13-20(12-22(35)31(27)40-18-19-8-10-21(34)11-9-19)28-29-23(14-32(2,3)16-25(29)37)36(6)24-15-33(4,5)17-26(38)30(24)28/h8-13,28H,7,14-18H2,1-6H3. The van der Waals surface area contributed by atoms with Gasteiger partial charge in [-0.3, -0.25) is 9.59 Å². The highest BCUT2D eigenvalue weighted by Crippen LogP contribution is 2.54. The van der Waals surface area contributed by atoms with Crippen LogP contribution in [0.5, 0.6) is 11.5 Å². The fourth-order valence-corrected chi connectivity index (χ4v) is 7.30. The number of allylic oxidation sites excluding steroid dienone is 4. The normalized spacial score (nSPS) is 20.4. The summed E-state index contributed by atoms with van der Waals surface area (Å²) in [4.78, 5) is 29.8. The number of carbonyl (C=O) groups excluding carboxylic acids is 2. The SMILES string of the molecule is CCOc1cc(C2C3=C(CC(C)(C)CC3=O)N(C)C3=C2C(=O)CC(C)(C)C3)cc(I)c1OCc1ccc(Cl)cc1. The molecular formula is C33H37ClINO4. The van der Waals surface area contributed by atoms with Crippen LogP contribution in [0.25, 0.3) is 0 Å². The molecule has 40 heavy (non-hydrogen) atoms. The molecular weight excluding hydrogens is 637 g/mol. The smallest absolute Gasteiger partial charge is 0.174 e. The Morgan fingerprint density at radius 2 is 1.45 bits per heavy atom. The molecule has 2 aromatic rings. The molecule has 0 unspecified atom stereocenters. The van der Waals surface area contributed by atoms with Crippen molar-refractivity contribution in [1.29, 1.82) is 0 Å². The first-order valence-corrected chi connectivity index (χ1v) is 15.4. The number of rotatable bonds is 6. The molecule has 0 fully saturated rings. The summed E-state index contributed by atoms with van der Waals surface area (Å²) >= 11 is 8.33. The van der Waals surface area contributed by atoms with Crippen LogP contribution < -0.4 is 9.47 Å². The van der Waals surface area contributed by atoms with Gasteiger partial charge in [0.1, 0.15) is 6.61 Å². The van der Waals surface area contributed by atoms with E-state index in [9.17, 15) is 9.59 Å². The second-order valence-electron chi connectivity index (χ2n) is 12.8. The molecule has 2 aromatic carbocycles. The Morgan fingerprint density at radius 1 is 0.900 bits per heavy atom. The molecule has 0 radical (unpaired) electrons. The minimum absolute atomic E-state index is 0.128. The van der Waals surface area contributed by atoms with Crippen LogP contribution in [-0.2, 0) is 16.2 Å². The molecule has 1 aliphatic heterocycles. The summed E-state index contributed by atoms with van der Waals surface area (Å²) in [6.45, 7) is 11.4. The molecule has 2 aliphatic carbocycles. The second kappa shape index (κ2) is 10.8. The molecule has 7 heteroatoms. The van der Waals surface area contributed by atoms with Gasteiger partial charge in [-0.1, -0.05) is 51.4 Å². The lowest BCUT2D eigenvalue weighted by Crippen LogP contribution is -2.43. The Kier molecular flexibility index (Phi) is 7.90. The summed E-state index contributed by atoms with van der Waals surface area (Å²) < 4.78 is 13.3. The van der Waals surface area contributed by atoms with Gasteiger partial charge in [0.15, 0.2) is 23.1 Å². The van der Waals surface area contributed by atoms with Gasteiger partial charge < -0.3 is 14.4 Å². The summed E-state index contributed by atoms with van der Waals surface area (Å²) in [5.41, 5.74) is 5.26. The van der Waals surface area contributed by atoms with E-state index in [1.54, 1.807) is 0 Å². The average molecular weight is 674 g/mol. The number of Topliss-reactive ketones (excluding diaryl/α,β-unsaturated/α-hetero) is 2. The lowest BCUT2D eigenvalue weighted by molar-refractivity contribution is -0.119. The minimum Gasteiger partial charge on any atom is -0.490 e. The number of ketones is 2. The second-order valence-corrected chi connectivity index (χ2v) is 14.4. The van der Waals surface area contributed by atoms with E-state index in [2.05, 4.69) is 61.3 Å². The Morgan fingerprint density at radius 3 is 1.98 bits per heavy atom. The van der Waals surface area contributed by atoms with Crippen LogP contribution in [0.1, 0.15) is 77.3 Å². The monoisotopic (exact) mass is 673 g/mol. The van der Waals surface area contributed by atoms with Crippen LogP contribution in [0.2, 0.25) is 5.02 Å². The van der Waals surface area contributed by atoms with Crippen molar-refractivity contribution in [1.82, 2.24) is 4.90 Å². The summed E-state index contributed by atoms with van der Waals surface area (Å²) in [5.74, 6) is 1.12. The quantitative estimate of drug-likeness (QED) is 0.289. The molecule has 5 nitrogen and oxygen atoms in total. The van der Waals surface area contributed by atoms with Crippen molar-refractivity contribution >= 4 is 45.8 Å². The van der Waals surface area contributed by atoms with Crippen LogP contribution >= 0.6 is 34.2 Å².